The molecule has 1 aliphatic heterocycles. The lowest BCUT2D eigenvalue weighted by Gasteiger charge is -2.17. The van der Waals surface area contributed by atoms with Crippen molar-refractivity contribution in [2.24, 2.45) is 0 Å². The fraction of sp³-hybridized carbons (Fsp3) is 0.375. The molecule has 6 heteroatoms. The van der Waals surface area contributed by atoms with Crippen LogP contribution < -0.4 is 10.5 Å². The summed E-state index contributed by atoms with van der Waals surface area (Å²) in [5, 5.41) is 0.988. The van der Waals surface area contributed by atoms with Crippen LogP contribution in [0.25, 0.3) is 21.9 Å². The van der Waals surface area contributed by atoms with E-state index in [2.05, 4.69) is 14.5 Å². The van der Waals surface area contributed by atoms with Crippen molar-refractivity contribution in [1.82, 2.24) is 14.5 Å². The first-order valence-corrected chi connectivity index (χ1v) is 7.57. The molecule has 0 radical (unpaired) electrons. The highest BCUT2D eigenvalue weighted by atomic mass is 16.5. The zero-order valence-electron chi connectivity index (χ0n) is 12.5. The number of pyridine rings is 1. The number of hydrogen-bond acceptors (Lipinski definition) is 5. The van der Waals surface area contributed by atoms with Crippen LogP contribution in [0.5, 0.6) is 5.75 Å². The van der Waals surface area contributed by atoms with Gasteiger partial charge < -0.3 is 19.8 Å². The Morgan fingerprint density at radius 2 is 2.27 bits per heavy atom. The summed E-state index contributed by atoms with van der Waals surface area (Å²) in [5.74, 6) is 2.20. The normalized spacial score (nSPS) is 14.2. The molecule has 114 valence electrons. The molecule has 0 amide bonds. The average Bonchev–Trinajstić information content (AvgIpc) is 2.85. The first kappa shape index (κ1) is 13.3. The third-order valence-corrected chi connectivity index (χ3v) is 3.99. The molecule has 0 saturated carbocycles. The van der Waals surface area contributed by atoms with Gasteiger partial charge in [-0.1, -0.05) is 6.07 Å². The quantitative estimate of drug-likeness (QED) is 0.804. The lowest BCUT2D eigenvalue weighted by Crippen LogP contribution is -2.11. The second-order valence-electron chi connectivity index (χ2n) is 5.36. The highest BCUT2D eigenvalue weighted by molar-refractivity contribution is 6.09. The van der Waals surface area contributed by atoms with Crippen molar-refractivity contribution in [3.8, 4) is 5.75 Å². The zero-order chi connectivity index (χ0) is 15.1. The van der Waals surface area contributed by atoms with Crippen LogP contribution in [0.15, 0.2) is 18.2 Å². The lowest BCUT2D eigenvalue weighted by atomic mass is 10.1. The van der Waals surface area contributed by atoms with Crippen LogP contribution in [0.3, 0.4) is 0 Å². The van der Waals surface area contributed by atoms with Gasteiger partial charge in [0.05, 0.1) is 23.0 Å². The predicted molar refractivity (Wildman–Crippen MR) is 84.9 cm³/mol. The Morgan fingerprint density at radius 1 is 1.36 bits per heavy atom. The number of nitrogens with two attached hydrogens (primary N) is 1. The number of aryl methyl sites for hydroxylation is 1. The van der Waals surface area contributed by atoms with Gasteiger partial charge in [-0.15, -0.1) is 0 Å². The SMILES string of the molecule is CCOCc1nc2c(N)nc3cccc4c3c2n1CCCO4. The molecule has 6 nitrogen and oxygen atoms in total. The van der Waals surface area contributed by atoms with Crippen LogP contribution in [-0.4, -0.2) is 27.7 Å². The van der Waals surface area contributed by atoms with Crippen molar-refractivity contribution in [1.29, 1.82) is 0 Å². The monoisotopic (exact) mass is 298 g/mol. The minimum atomic E-state index is 0.455. The molecule has 2 aromatic heterocycles. The molecule has 3 aromatic rings. The first-order valence-electron chi connectivity index (χ1n) is 7.57. The molecule has 1 aromatic carbocycles. The van der Waals surface area contributed by atoms with E-state index in [4.69, 9.17) is 15.2 Å². The molecule has 4 rings (SSSR count). The van der Waals surface area contributed by atoms with E-state index in [9.17, 15) is 0 Å². The maximum absolute atomic E-state index is 6.13. The maximum Gasteiger partial charge on any atom is 0.152 e. The summed E-state index contributed by atoms with van der Waals surface area (Å²) in [6, 6.07) is 5.88. The summed E-state index contributed by atoms with van der Waals surface area (Å²) in [6.07, 6.45) is 0.919. The van der Waals surface area contributed by atoms with E-state index in [1.54, 1.807) is 0 Å². The van der Waals surface area contributed by atoms with Crippen LogP contribution in [0.4, 0.5) is 5.82 Å². The van der Waals surface area contributed by atoms with Crippen molar-refractivity contribution in [3.63, 3.8) is 0 Å². The van der Waals surface area contributed by atoms with E-state index < -0.39 is 0 Å². The van der Waals surface area contributed by atoms with Gasteiger partial charge in [-0.3, -0.25) is 0 Å². The molecular weight excluding hydrogens is 280 g/mol. The Balaban J connectivity index is 2.11. The molecule has 2 N–H and O–H groups in total. The first-order chi connectivity index (χ1) is 10.8. The second-order valence-corrected chi connectivity index (χ2v) is 5.36. The maximum atomic E-state index is 6.13. The summed E-state index contributed by atoms with van der Waals surface area (Å²) < 4.78 is 13.7. The number of benzene rings is 1. The molecule has 0 spiro atoms. The predicted octanol–water partition coefficient (Wildman–Crippen LogP) is 2.49. The van der Waals surface area contributed by atoms with Gasteiger partial charge in [0.25, 0.3) is 0 Å². The Morgan fingerprint density at radius 3 is 3.14 bits per heavy atom. The molecule has 1 aliphatic rings. The summed E-state index contributed by atoms with van der Waals surface area (Å²) in [6.45, 7) is 4.64. The van der Waals surface area contributed by atoms with Crippen molar-refractivity contribution < 1.29 is 9.47 Å². The van der Waals surface area contributed by atoms with Gasteiger partial charge in [-0.25, -0.2) is 9.97 Å². The molecule has 0 bridgehead atoms. The van der Waals surface area contributed by atoms with Gasteiger partial charge in [0.2, 0.25) is 0 Å². The molecule has 3 heterocycles. The molecule has 22 heavy (non-hydrogen) atoms. The topological polar surface area (TPSA) is 75.2 Å². The fourth-order valence-corrected chi connectivity index (χ4v) is 3.03. The standard InChI is InChI=1S/C16H18N4O2/c1-2-21-9-12-19-14-15-13-10(18-16(14)17)5-3-6-11(13)22-8-4-7-20(12)15/h3,5-6H,2,4,7-9H2,1H3,(H2,17,18). The Labute approximate surface area is 127 Å². The van der Waals surface area contributed by atoms with Crippen LogP contribution in [0.2, 0.25) is 0 Å². The lowest BCUT2D eigenvalue weighted by molar-refractivity contribution is 0.125. The molecule has 0 unspecified atom stereocenters. The summed E-state index contributed by atoms with van der Waals surface area (Å²) in [4.78, 5) is 9.17. The van der Waals surface area contributed by atoms with E-state index >= 15 is 0 Å². The second kappa shape index (κ2) is 5.14. The number of hydrogen-bond donors (Lipinski definition) is 1. The third kappa shape index (κ3) is 1.91. The van der Waals surface area contributed by atoms with E-state index in [0.717, 1.165) is 46.5 Å². The molecular formula is C16H18N4O2. The molecule has 0 atom stereocenters. The van der Waals surface area contributed by atoms with Crippen molar-refractivity contribution in [3.05, 3.63) is 24.0 Å². The van der Waals surface area contributed by atoms with Crippen LogP contribution in [0, 0.1) is 0 Å². The number of anilines is 1. The number of aromatic nitrogens is 3. The van der Waals surface area contributed by atoms with E-state index in [-0.39, 0.29) is 0 Å². The largest absolute Gasteiger partial charge is 0.493 e. The number of rotatable bonds is 3. The number of ether oxygens (including phenoxy) is 2. The zero-order valence-corrected chi connectivity index (χ0v) is 12.5. The van der Waals surface area contributed by atoms with Crippen molar-refractivity contribution >= 4 is 27.8 Å². The van der Waals surface area contributed by atoms with E-state index in [1.807, 2.05) is 25.1 Å². The Hall–Kier alpha value is -2.34. The van der Waals surface area contributed by atoms with Crippen molar-refractivity contribution in [2.75, 3.05) is 18.9 Å². The van der Waals surface area contributed by atoms with Gasteiger partial charge in [0.15, 0.2) is 5.82 Å². The highest BCUT2D eigenvalue weighted by Crippen LogP contribution is 2.36. The van der Waals surface area contributed by atoms with Gasteiger partial charge in [0, 0.05) is 13.2 Å². The summed E-state index contributed by atoms with van der Waals surface area (Å²) in [5.41, 5.74) is 8.71. The summed E-state index contributed by atoms with van der Waals surface area (Å²) >= 11 is 0. The number of imidazole rings is 1. The number of nitrogens with zero attached hydrogens (tertiary/aromatic N) is 3. The average molecular weight is 298 g/mol. The van der Waals surface area contributed by atoms with Gasteiger partial charge in [0.1, 0.15) is 23.7 Å². The number of nitrogen functional groups attached to an aromatic ring is 1. The van der Waals surface area contributed by atoms with Crippen LogP contribution in [0.1, 0.15) is 19.2 Å². The third-order valence-electron chi connectivity index (χ3n) is 3.99. The molecule has 0 aliphatic carbocycles. The minimum absolute atomic E-state index is 0.455. The fourth-order valence-electron chi connectivity index (χ4n) is 3.03. The van der Waals surface area contributed by atoms with Crippen LogP contribution >= 0.6 is 0 Å². The summed E-state index contributed by atoms with van der Waals surface area (Å²) in [7, 11) is 0. The Bertz CT molecular complexity index is 856. The minimum Gasteiger partial charge on any atom is -0.493 e. The smallest absolute Gasteiger partial charge is 0.152 e. The van der Waals surface area contributed by atoms with Gasteiger partial charge >= 0.3 is 0 Å². The Kier molecular flexibility index (Phi) is 3.11. The molecule has 0 saturated heterocycles. The van der Waals surface area contributed by atoms with Crippen molar-refractivity contribution in [2.45, 2.75) is 26.5 Å². The molecule has 0 fully saturated rings. The van der Waals surface area contributed by atoms with Crippen LogP contribution in [-0.2, 0) is 17.9 Å². The van der Waals surface area contributed by atoms with E-state index in [0.29, 0.717) is 25.6 Å². The van der Waals surface area contributed by atoms with Gasteiger partial charge in [-0.2, -0.15) is 0 Å². The van der Waals surface area contributed by atoms with Gasteiger partial charge in [-0.05, 0) is 25.5 Å². The van der Waals surface area contributed by atoms with E-state index in [1.165, 1.54) is 0 Å². The highest BCUT2D eigenvalue weighted by Gasteiger charge is 2.21.